The first-order valence-electron chi connectivity index (χ1n) is 8.48. The van der Waals surface area contributed by atoms with E-state index >= 15 is 0 Å². The van der Waals surface area contributed by atoms with Crippen molar-refractivity contribution < 1.29 is 13.6 Å². The number of carbonyl (C=O) groups excluding carboxylic acids is 1. The SMILES string of the molecule is O=C1NC(=Nc2ccccc2)S/C1=C/c1ccc(-c2cc(F)cc(F)c2)cc1. The molecule has 1 amide bonds. The van der Waals surface area contributed by atoms with Crippen LogP contribution in [-0.4, -0.2) is 11.1 Å². The summed E-state index contributed by atoms with van der Waals surface area (Å²) in [6.45, 7) is 0. The zero-order valence-corrected chi connectivity index (χ0v) is 15.3. The second-order valence-electron chi connectivity index (χ2n) is 6.10. The van der Waals surface area contributed by atoms with Gasteiger partial charge in [-0.15, -0.1) is 0 Å². The van der Waals surface area contributed by atoms with Crippen molar-refractivity contribution in [1.29, 1.82) is 0 Å². The molecular weight excluding hydrogens is 378 g/mol. The maximum absolute atomic E-state index is 13.4. The van der Waals surface area contributed by atoms with E-state index in [4.69, 9.17) is 0 Å². The molecule has 138 valence electrons. The Morgan fingerprint density at radius 2 is 1.54 bits per heavy atom. The van der Waals surface area contributed by atoms with Gasteiger partial charge in [0.2, 0.25) is 0 Å². The van der Waals surface area contributed by atoms with Gasteiger partial charge in [0.05, 0.1) is 10.6 Å². The van der Waals surface area contributed by atoms with Crippen molar-refractivity contribution in [2.75, 3.05) is 0 Å². The monoisotopic (exact) mass is 392 g/mol. The lowest BCUT2D eigenvalue weighted by Crippen LogP contribution is -2.19. The Morgan fingerprint density at radius 1 is 0.857 bits per heavy atom. The number of aliphatic imine (C=N–C) groups is 1. The van der Waals surface area contributed by atoms with Crippen LogP contribution in [0.4, 0.5) is 14.5 Å². The third kappa shape index (κ3) is 4.18. The zero-order chi connectivity index (χ0) is 19.5. The summed E-state index contributed by atoms with van der Waals surface area (Å²) in [6.07, 6.45) is 1.75. The van der Waals surface area contributed by atoms with Crippen LogP contribution in [0.25, 0.3) is 17.2 Å². The van der Waals surface area contributed by atoms with Gasteiger partial charge in [0.15, 0.2) is 5.17 Å². The molecule has 0 aliphatic carbocycles. The first kappa shape index (κ1) is 18.1. The number of benzene rings is 3. The normalized spacial score (nSPS) is 16.6. The molecule has 1 saturated heterocycles. The Morgan fingerprint density at radius 3 is 2.21 bits per heavy atom. The van der Waals surface area contributed by atoms with Crippen LogP contribution in [0, 0.1) is 11.6 Å². The fraction of sp³-hybridized carbons (Fsp3) is 0. The van der Waals surface area contributed by atoms with Crippen LogP contribution in [0.5, 0.6) is 0 Å². The molecule has 3 nitrogen and oxygen atoms in total. The van der Waals surface area contributed by atoms with Gasteiger partial charge in [0.25, 0.3) is 5.91 Å². The van der Waals surface area contributed by atoms with E-state index in [2.05, 4.69) is 10.3 Å². The third-order valence-corrected chi connectivity index (χ3v) is 4.95. The molecule has 0 spiro atoms. The van der Waals surface area contributed by atoms with Gasteiger partial charge >= 0.3 is 0 Å². The van der Waals surface area contributed by atoms with E-state index in [-0.39, 0.29) is 5.91 Å². The van der Waals surface area contributed by atoms with E-state index in [9.17, 15) is 13.6 Å². The second kappa shape index (κ2) is 7.78. The van der Waals surface area contributed by atoms with Gasteiger partial charge in [-0.25, -0.2) is 13.8 Å². The van der Waals surface area contributed by atoms with Crippen LogP contribution in [0.3, 0.4) is 0 Å². The fourth-order valence-corrected chi connectivity index (χ4v) is 3.59. The summed E-state index contributed by atoms with van der Waals surface area (Å²) in [5.74, 6) is -1.45. The van der Waals surface area contributed by atoms with E-state index in [1.165, 1.54) is 23.9 Å². The van der Waals surface area contributed by atoms with Crippen LogP contribution in [0.15, 0.2) is 82.7 Å². The minimum Gasteiger partial charge on any atom is -0.300 e. The first-order chi connectivity index (χ1) is 13.6. The molecule has 0 radical (unpaired) electrons. The summed E-state index contributed by atoms with van der Waals surface area (Å²) in [6, 6.07) is 19.9. The van der Waals surface area contributed by atoms with Gasteiger partial charge in [0, 0.05) is 6.07 Å². The molecule has 4 rings (SSSR count). The molecule has 28 heavy (non-hydrogen) atoms. The quantitative estimate of drug-likeness (QED) is 0.596. The lowest BCUT2D eigenvalue weighted by atomic mass is 10.0. The van der Waals surface area contributed by atoms with E-state index in [0.717, 1.165) is 17.3 Å². The van der Waals surface area contributed by atoms with Crippen LogP contribution in [0.2, 0.25) is 0 Å². The van der Waals surface area contributed by atoms with Crippen molar-refractivity contribution in [2.24, 2.45) is 4.99 Å². The molecule has 0 aromatic heterocycles. The average Bonchev–Trinajstić information content (AvgIpc) is 3.01. The Balaban J connectivity index is 1.54. The van der Waals surface area contributed by atoms with Crippen LogP contribution in [0.1, 0.15) is 5.56 Å². The molecule has 1 aliphatic heterocycles. The molecule has 1 N–H and O–H groups in total. The van der Waals surface area contributed by atoms with Crippen molar-refractivity contribution in [1.82, 2.24) is 5.32 Å². The van der Waals surface area contributed by atoms with Crippen molar-refractivity contribution in [3.8, 4) is 11.1 Å². The second-order valence-corrected chi connectivity index (χ2v) is 7.13. The molecule has 1 heterocycles. The largest absolute Gasteiger partial charge is 0.300 e. The number of nitrogens with one attached hydrogen (secondary N) is 1. The highest BCUT2D eigenvalue weighted by Gasteiger charge is 2.23. The predicted octanol–water partition coefficient (Wildman–Crippen LogP) is 5.52. The minimum absolute atomic E-state index is 0.212. The summed E-state index contributed by atoms with van der Waals surface area (Å²) in [4.78, 5) is 17.1. The van der Waals surface area contributed by atoms with Crippen molar-refractivity contribution >= 4 is 34.6 Å². The summed E-state index contributed by atoms with van der Waals surface area (Å²) < 4.78 is 26.8. The topological polar surface area (TPSA) is 41.5 Å². The Kier molecular flexibility index (Phi) is 5.04. The summed E-state index contributed by atoms with van der Waals surface area (Å²) in [7, 11) is 0. The predicted molar refractivity (Wildman–Crippen MR) is 109 cm³/mol. The molecule has 0 unspecified atom stereocenters. The van der Waals surface area contributed by atoms with Gasteiger partial charge in [0.1, 0.15) is 11.6 Å². The summed E-state index contributed by atoms with van der Waals surface area (Å²) in [5.41, 5.74) is 2.72. The lowest BCUT2D eigenvalue weighted by molar-refractivity contribution is -0.115. The number of thioether (sulfide) groups is 1. The molecule has 3 aromatic rings. The highest BCUT2D eigenvalue weighted by molar-refractivity contribution is 8.18. The molecular formula is C22H14F2N2OS. The highest BCUT2D eigenvalue weighted by Crippen LogP contribution is 2.29. The maximum atomic E-state index is 13.4. The number of hydrogen-bond donors (Lipinski definition) is 1. The fourth-order valence-electron chi connectivity index (χ4n) is 2.74. The number of amidine groups is 1. The van der Waals surface area contributed by atoms with Crippen molar-refractivity contribution in [2.45, 2.75) is 0 Å². The lowest BCUT2D eigenvalue weighted by Gasteiger charge is -2.03. The van der Waals surface area contributed by atoms with E-state index in [0.29, 0.717) is 21.2 Å². The summed E-state index contributed by atoms with van der Waals surface area (Å²) in [5, 5.41) is 3.27. The minimum atomic E-state index is -0.620. The number of nitrogens with zero attached hydrogens (tertiary/aromatic N) is 1. The first-order valence-corrected chi connectivity index (χ1v) is 9.30. The van der Waals surface area contributed by atoms with Gasteiger partial charge < -0.3 is 5.32 Å². The number of amides is 1. The number of halogens is 2. The Bertz CT molecular complexity index is 1070. The molecule has 0 bridgehead atoms. The maximum Gasteiger partial charge on any atom is 0.264 e. The smallest absolute Gasteiger partial charge is 0.264 e. The highest BCUT2D eigenvalue weighted by atomic mass is 32.2. The number of rotatable bonds is 3. The molecule has 1 fully saturated rings. The third-order valence-electron chi connectivity index (χ3n) is 4.04. The van der Waals surface area contributed by atoms with E-state index in [1.807, 2.05) is 30.3 Å². The number of hydrogen-bond acceptors (Lipinski definition) is 3. The summed E-state index contributed by atoms with van der Waals surface area (Å²) >= 11 is 1.26. The van der Waals surface area contributed by atoms with Gasteiger partial charge in [-0.3, -0.25) is 4.79 Å². The van der Waals surface area contributed by atoms with Gasteiger partial charge in [-0.1, -0.05) is 42.5 Å². The van der Waals surface area contributed by atoms with E-state index in [1.54, 1.807) is 30.3 Å². The van der Waals surface area contributed by atoms with Crippen LogP contribution >= 0.6 is 11.8 Å². The number of carbonyl (C=O) groups is 1. The number of para-hydroxylation sites is 1. The van der Waals surface area contributed by atoms with Crippen molar-refractivity contribution in [3.05, 3.63) is 94.9 Å². The zero-order valence-electron chi connectivity index (χ0n) is 14.5. The average molecular weight is 392 g/mol. The molecule has 6 heteroatoms. The Labute approximate surface area is 164 Å². The molecule has 0 atom stereocenters. The van der Waals surface area contributed by atoms with Gasteiger partial charge in [-0.05, 0) is 58.8 Å². The van der Waals surface area contributed by atoms with Crippen molar-refractivity contribution in [3.63, 3.8) is 0 Å². The Hall–Kier alpha value is -3.25. The molecule has 1 aliphatic rings. The molecule has 3 aromatic carbocycles. The van der Waals surface area contributed by atoms with E-state index < -0.39 is 11.6 Å². The van der Waals surface area contributed by atoms with Gasteiger partial charge in [-0.2, -0.15) is 0 Å². The molecule has 0 saturated carbocycles. The van der Waals surface area contributed by atoms with Crippen LogP contribution in [-0.2, 0) is 4.79 Å². The standard InChI is InChI=1S/C22H14F2N2OS/c23-17-11-16(12-18(24)13-17)15-8-6-14(7-9-15)10-20-21(27)26-22(28-20)25-19-4-2-1-3-5-19/h1-13H,(H,25,26,27)/b20-10+. The van der Waals surface area contributed by atoms with Crippen LogP contribution < -0.4 is 5.32 Å².